The van der Waals surface area contributed by atoms with E-state index < -0.39 is 13.3 Å². The van der Waals surface area contributed by atoms with Crippen molar-refractivity contribution in [3.63, 3.8) is 0 Å². The third-order valence-electron chi connectivity index (χ3n) is 4.72. The van der Waals surface area contributed by atoms with Gasteiger partial charge in [-0.25, -0.2) is 0 Å². The first-order valence-corrected chi connectivity index (χ1v) is 12.2. The van der Waals surface area contributed by atoms with Gasteiger partial charge in [-0.3, -0.25) is 0 Å². The number of aliphatic hydroxyl groups is 1. The average molecular weight is 259 g/mol. The number of hydrogen-bond acceptors (Lipinski definition) is 1. The van der Waals surface area contributed by atoms with Crippen molar-refractivity contribution < 1.29 is 5.11 Å². The van der Waals surface area contributed by atoms with E-state index in [-0.39, 0.29) is 4.43 Å². The van der Waals surface area contributed by atoms with E-state index in [1.54, 1.807) is 0 Å². The second-order valence-corrected chi connectivity index (χ2v) is 18.4. The van der Waals surface area contributed by atoms with E-state index in [1.165, 1.54) is 19.3 Å². The van der Waals surface area contributed by atoms with Crippen LogP contribution >= 0.6 is 0 Å². The van der Waals surface area contributed by atoms with Crippen LogP contribution in [0, 0.1) is 0 Å². The van der Waals surface area contributed by atoms with Gasteiger partial charge in [0.1, 0.15) is 0 Å². The molecular weight excluding hydrogens is 233 g/mol. The van der Waals surface area contributed by atoms with Crippen molar-refractivity contribution in [2.75, 3.05) is 0 Å². The van der Waals surface area contributed by atoms with E-state index in [4.69, 9.17) is 0 Å². The summed E-state index contributed by atoms with van der Waals surface area (Å²) in [4.78, 5) is 0. The molecule has 1 fully saturated rings. The standard InChI is InChI=1S/C12H26GeO/c1-11(2,3)13(4,5)12(14)9-7-6-8-10-12/h14H,6-10H2,1-5H3. The molecule has 1 nitrogen and oxygen atoms in total. The molecule has 0 aromatic rings. The summed E-state index contributed by atoms with van der Waals surface area (Å²) in [6, 6.07) is 0. The Hall–Kier alpha value is 0.503. The monoisotopic (exact) mass is 260 g/mol. The molecule has 1 saturated carbocycles. The third-order valence-corrected chi connectivity index (χ3v) is 18.5. The van der Waals surface area contributed by atoms with Gasteiger partial charge in [0.25, 0.3) is 0 Å². The van der Waals surface area contributed by atoms with Crippen LogP contribution in [0.3, 0.4) is 0 Å². The van der Waals surface area contributed by atoms with E-state index >= 15 is 0 Å². The molecule has 0 radical (unpaired) electrons. The SMILES string of the molecule is C[C](C)(C)[Ge]([CH3])([CH3])[C]1(O)CCCCC1. The fourth-order valence-corrected chi connectivity index (χ4v) is 8.75. The van der Waals surface area contributed by atoms with Gasteiger partial charge in [-0.15, -0.1) is 0 Å². The van der Waals surface area contributed by atoms with Crippen molar-refractivity contribution >= 4 is 13.3 Å². The molecule has 0 heterocycles. The summed E-state index contributed by atoms with van der Waals surface area (Å²) >= 11 is -2.12. The minimum absolute atomic E-state index is 0.253. The molecule has 84 valence electrons. The molecule has 0 spiro atoms. The Kier molecular flexibility index (Phi) is 3.43. The number of rotatable bonds is 1. The van der Waals surface area contributed by atoms with Crippen molar-refractivity contribution in [2.45, 2.75) is 73.1 Å². The van der Waals surface area contributed by atoms with E-state index in [0.29, 0.717) is 4.25 Å². The second-order valence-electron chi connectivity index (χ2n) is 6.47. The quantitative estimate of drug-likeness (QED) is 0.711. The first kappa shape index (κ1) is 12.6. The molecule has 2 heteroatoms. The Bertz CT molecular complexity index is 197. The molecule has 1 aliphatic carbocycles. The van der Waals surface area contributed by atoms with Crippen LogP contribution in [-0.2, 0) is 0 Å². The average Bonchev–Trinajstić information content (AvgIpc) is 2.03. The summed E-state index contributed by atoms with van der Waals surface area (Å²) in [6.07, 6.45) is 5.93. The van der Waals surface area contributed by atoms with Crippen molar-refractivity contribution in [1.82, 2.24) is 0 Å². The van der Waals surface area contributed by atoms with Gasteiger partial charge in [0.05, 0.1) is 0 Å². The predicted octanol–water partition coefficient (Wildman–Crippen LogP) is 3.73. The summed E-state index contributed by atoms with van der Waals surface area (Å²) in [5.74, 6) is 4.82. The Morgan fingerprint density at radius 2 is 1.43 bits per heavy atom. The Morgan fingerprint density at radius 3 is 1.79 bits per heavy atom. The Balaban J connectivity index is 2.89. The fraction of sp³-hybridized carbons (Fsp3) is 1.00. The van der Waals surface area contributed by atoms with Crippen LogP contribution in [-0.4, -0.2) is 22.8 Å². The molecule has 1 aliphatic rings. The zero-order valence-corrected chi connectivity index (χ0v) is 12.6. The topological polar surface area (TPSA) is 20.2 Å². The van der Waals surface area contributed by atoms with Crippen molar-refractivity contribution in [3.8, 4) is 0 Å². The molecule has 0 saturated heterocycles. The molecule has 1 rings (SSSR count). The number of hydrogen-bond donors (Lipinski definition) is 1. The maximum absolute atomic E-state index is 10.8. The summed E-state index contributed by atoms with van der Waals surface area (Å²) in [6.45, 7) is 6.96. The first-order valence-electron chi connectivity index (χ1n) is 5.93. The molecule has 0 atom stereocenters. The van der Waals surface area contributed by atoms with E-state index in [9.17, 15) is 5.11 Å². The van der Waals surface area contributed by atoms with Gasteiger partial charge in [-0.2, -0.15) is 0 Å². The van der Waals surface area contributed by atoms with Crippen LogP contribution in [0.15, 0.2) is 0 Å². The van der Waals surface area contributed by atoms with Gasteiger partial charge < -0.3 is 0 Å². The molecule has 14 heavy (non-hydrogen) atoms. The Labute approximate surface area is 91.6 Å². The summed E-state index contributed by atoms with van der Waals surface area (Å²) in [5.41, 5.74) is 0. The van der Waals surface area contributed by atoms with E-state index in [2.05, 4.69) is 32.3 Å². The van der Waals surface area contributed by atoms with Gasteiger partial charge in [0, 0.05) is 0 Å². The zero-order valence-electron chi connectivity index (χ0n) is 10.5. The molecule has 0 bridgehead atoms. The zero-order chi connectivity index (χ0) is 11.0. The summed E-state index contributed by atoms with van der Waals surface area (Å²) < 4.78 is 0.0998. The summed E-state index contributed by atoms with van der Waals surface area (Å²) in [7, 11) is 0. The van der Waals surface area contributed by atoms with E-state index in [0.717, 1.165) is 12.8 Å². The van der Waals surface area contributed by atoms with E-state index in [1.807, 2.05) is 0 Å². The fourth-order valence-electron chi connectivity index (χ4n) is 2.46. The van der Waals surface area contributed by atoms with Gasteiger partial charge in [0.2, 0.25) is 0 Å². The van der Waals surface area contributed by atoms with Crippen molar-refractivity contribution in [3.05, 3.63) is 0 Å². The molecule has 0 amide bonds. The third kappa shape index (κ3) is 2.04. The normalized spacial score (nSPS) is 23.6. The molecule has 0 aromatic carbocycles. The molecule has 0 unspecified atom stereocenters. The molecule has 0 aromatic heterocycles. The molecule has 1 N–H and O–H groups in total. The van der Waals surface area contributed by atoms with Crippen LogP contribution in [0.1, 0.15) is 52.9 Å². The van der Waals surface area contributed by atoms with Crippen LogP contribution in [0.25, 0.3) is 0 Å². The van der Waals surface area contributed by atoms with Gasteiger partial charge in [-0.1, -0.05) is 0 Å². The van der Waals surface area contributed by atoms with Crippen LogP contribution < -0.4 is 0 Å². The molecule has 0 aliphatic heterocycles. The van der Waals surface area contributed by atoms with Crippen molar-refractivity contribution in [2.24, 2.45) is 0 Å². The van der Waals surface area contributed by atoms with Crippen molar-refractivity contribution in [1.29, 1.82) is 0 Å². The maximum atomic E-state index is 10.8. The summed E-state index contributed by atoms with van der Waals surface area (Å²) in [5, 5.41) is 10.8. The predicted molar refractivity (Wildman–Crippen MR) is 65.2 cm³/mol. The van der Waals surface area contributed by atoms with Gasteiger partial charge >= 0.3 is 91.4 Å². The minimum atomic E-state index is -2.12. The molecular formula is C12H26GeO. The van der Waals surface area contributed by atoms with Crippen LogP contribution in [0.5, 0.6) is 0 Å². The second kappa shape index (κ2) is 3.82. The van der Waals surface area contributed by atoms with Crippen LogP contribution in [0.2, 0.25) is 15.8 Å². The van der Waals surface area contributed by atoms with Crippen LogP contribution in [0.4, 0.5) is 0 Å². The van der Waals surface area contributed by atoms with Gasteiger partial charge in [0.15, 0.2) is 0 Å². The Morgan fingerprint density at radius 1 is 1.00 bits per heavy atom. The van der Waals surface area contributed by atoms with Gasteiger partial charge in [-0.05, 0) is 0 Å². The first-order chi connectivity index (χ1) is 6.21.